The highest BCUT2D eigenvalue weighted by Gasteiger charge is 2.08. The van der Waals surface area contributed by atoms with Crippen LogP contribution in [0.5, 0.6) is 5.75 Å². The summed E-state index contributed by atoms with van der Waals surface area (Å²) in [5.74, 6) is -0.0239. The summed E-state index contributed by atoms with van der Waals surface area (Å²) < 4.78 is 1.89. The van der Waals surface area contributed by atoms with Crippen molar-refractivity contribution in [1.82, 2.24) is 14.8 Å². The van der Waals surface area contributed by atoms with Gasteiger partial charge in [0, 0.05) is 17.8 Å². The first-order chi connectivity index (χ1) is 10.6. The summed E-state index contributed by atoms with van der Waals surface area (Å²) in [6.07, 6.45) is 3.92. The van der Waals surface area contributed by atoms with Crippen LogP contribution in [0.4, 0.5) is 0 Å². The second-order valence-corrected chi connectivity index (χ2v) is 5.65. The number of thiazole rings is 1. The molecule has 112 valence electrons. The van der Waals surface area contributed by atoms with E-state index in [1.165, 1.54) is 11.3 Å². The fraction of sp³-hybridized carbons (Fsp3) is 0.133. The maximum Gasteiger partial charge on any atom is 0.246 e. The number of hydrazone groups is 1. The van der Waals surface area contributed by atoms with Gasteiger partial charge in [0.1, 0.15) is 5.75 Å². The lowest BCUT2D eigenvalue weighted by Gasteiger charge is -2.02. The van der Waals surface area contributed by atoms with Crippen LogP contribution in [0.15, 0.2) is 47.1 Å². The van der Waals surface area contributed by atoms with E-state index in [2.05, 4.69) is 15.5 Å². The number of imidazole rings is 1. The summed E-state index contributed by atoms with van der Waals surface area (Å²) >= 11 is 1.52. The van der Waals surface area contributed by atoms with E-state index in [0.29, 0.717) is 11.4 Å². The maximum atomic E-state index is 11.9. The molecule has 3 aromatic rings. The predicted octanol–water partition coefficient (Wildman–Crippen LogP) is 2.18. The molecule has 2 aromatic heterocycles. The smallest absolute Gasteiger partial charge is 0.246 e. The van der Waals surface area contributed by atoms with Gasteiger partial charge in [-0.1, -0.05) is 0 Å². The lowest BCUT2D eigenvalue weighted by atomic mass is 10.1. The van der Waals surface area contributed by atoms with Gasteiger partial charge in [-0.25, -0.2) is 10.4 Å². The third-order valence-corrected chi connectivity index (χ3v) is 3.89. The molecule has 0 aliphatic carbocycles. The summed E-state index contributed by atoms with van der Waals surface area (Å²) in [6.45, 7) is 1.79. The van der Waals surface area contributed by atoms with Crippen molar-refractivity contribution in [3.8, 4) is 5.75 Å². The molecule has 1 aromatic carbocycles. The summed E-state index contributed by atoms with van der Waals surface area (Å²) in [5.41, 5.74) is 4.73. The minimum atomic E-state index is -0.219. The third-order valence-electron chi connectivity index (χ3n) is 3.12. The van der Waals surface area contributed by atoms with Gasteiger partial charge in [0.05, 0.1) is 17.8 Å². The summed E-state index contributed by atoms with van der Waals surface area (Å²) in [6, 6.07) is 6.63. The average molecular weight is 314 g/mol. The summed E-state index contributed by atoms with van der Waals surface area (Å²) in [5, 5.41) is 15.3. The molecule has 2 N–H and O–H groups in total. The van der Waals surface area contributed by atoms with Gasteiger partial charge in [0.25, 0.3) is 0 Å². The van der Waals surface area contributed by atoms with E-state index >= 15 is 0 Å². The normalized spacial score (nSPS) is 11.8. The Morgan fingerprint density at radius 2 is 2.18 bits per heavy atom. The molecule has 1 amide bonds. The molecule has 0 unspecified atom stereocenters. The van der Waals surface area contributed by atoms with Crippen molar-refractivity contribution in [3.05, 3.63) is 53.3 Å². The third kappa shape index (κ3) is 3.15. The van der Waals surface area contributed by atoms with Crippen LogP contribution in [-0.2, 0) is 11.2 Å². The Kier molecular flexibility index (Phi) is 3.88. The van der Waals surface area contributed by atoms with Crippen LogP contribution < -0.4 is 5.43 Å². The van der Waals surface area contributed by atoms with Crippen molar-refractivity contribution < 1.29 is 9.90 Å². The van der Waals surface area contributed by atoms with Gasteiger partial charge in [-0.3, -0.25) is 9.20 Å². The number of fused-ring (bicyclic) bond motifs is 1. The van der Waals surface area contributed by atoms with Crippen LogP contribution in [0.1, 0.15) is 18.2 Å². The van der Waals surface area contributed by atoms with Crippen molar-refractivity contribution in [2.75, 3.05) is 0 Å². The minimum Gasteiger partial charge on any atom is -0.508 e. The maximum absolute atomic E-state index is 11.9. The molecule has 0 aliphatic heterocycles. The van der Waals surface area contributed by atoms with Crippen molar-refractivity contribution >= 4 is 27.9 Å². The lowest BCUT2D eigenvalue weighted by molar-refractivity contribution is -0.120. The summed E-state index contributed by atoms with van der Waals surface area (Å²) in [4.78, 5) is 17.1. The Morgan fingerprint density at radius 3 is 2.91 bits per heavy atom. The first-order valence-electron chi connectivity index (χ1n) is 6.65. The topological polar surface area (TPSA) is 79.0 Å². The minimum absolute atomic E-state index is 0.181. The average Bonchev–Trinajstić information content (AvgIpc) is 3.06. The molecule has 0 fully saturated rings. The zero-order valence-corrected chi connectivity index (χ0v) is 12.7. The number of nitrogens with zero attached hydrogens (tertiary/aromatic N) is 3. The molecule has 0 saturated heterocycles. The molecule has 22 heavy (non-hydrogen) atoms. The van der Waals surface area contributed by atoms with Gasteiger partial charge in [0.15, 0.2) is 4.96 Å². The number of nitrogens with one attached hydrogen (secondary N) is 1. The molecule has 0 saturated carbocycles. The van der Waals surface area contributed by atoms with Crippen LogP contribution in [0.3, 0.4) is 0 Å². The molecule has 0 radical (unpaired) electrons. The number of amides is 1. The quantitative estimate of drug-likeness (QED) is 0.572. The first-order valence-corrected chi connectivity index (χ1v) is 7.53. The highest BCUT2D eigenvalue weighted by atomic mass is 32.1. The number of aromatic nitrogens is 2. The van der Waals surface area contributed by atoms with Crippen molar-refractivity contribution in [3.63, 3.8) is 0 Å². The number of aromatic hydroxyl groups is 1. The second kappa shape index (κ2) is 5.98. The Labute approximate surface area is 130 Å². The van der Waals surface area contributed by atoms with E-state index in [4.69, 9.17) is 0 Å². The molecule has 0 spiro atoms. The molecule has 3 rings (SSSR count). The Bertz CT molecular complexity index is 804. The number of carbonyl (C=O) groups is 1. The van der Waals surface area contributed by atoms with Crippen molar-refractivity contribution in [1.29, 1.82) is 0 Å². The number of hydrogen-bond acceptors (Lipinski definition) is 5. The standard InChI is InChI=1S/C15H14N4O2S/c1-10(11-2-4-13(20)5-3-11)17-18-14(21)8-12-9-19-6-7-22-15(19)16-12/h2-7,9,20H,8H2,1H3,(H,18,21). The van der Waals surface area contributed by atoms with Gasteiger partial charge < -0.3 is 5.11 Å². The van der Waals surface area contributed by atoms with E-state index in [-0.39, 0.29) is 18.1 Å². The fourth-order valence-corrected chi connectivity index (χ4v) is 2.70. The van der Waals surface area contributed by atoms with Crippen LogP contribution in [0.25, 0.3) is 4.96 Å². The van der Waals surface area contributed by atoms with Gasteiger partial charge in [-0.05, 0) is 36.8 Å². The van der Waals surface area contributed by atoms with Gasteiger partial charge >= 0.3 is 0 Å². The number of carbonyl (C=O) groups excluding carboxylic acids is 1. The molecule has 6 nitrogen and oxygen atoms in total. The number of rotatable bonds is 4. The molecule has 2 heterocycles. The lowest BCUT2D eigenvalue weighted by Crippen LogP contribution is -2.21. The van der Waals surface area contributed by atoms with E-state index in [1.54, 1.807) is 31.2 Å². The molecular formula is C15H14N4O2S. The molecule has 0 atom stereocenters. The van der Waals surface area contributed by atoms with Crippen molar-refractivity contribution in [2.45, 2.75) is 13.3 Å². The van der Waals surface area contributed by atoms with Gasteiger partial charge in [0.2, 0.25) is 5.91 Å². The number of hydrogen-bond donors (Lipinski definition) is 2. The Balaban J connectivity index is 1.62. The van der Waals surface area contributed by atoms with E-state index in [0.717, 1.165) is 10.5 Å². The predicted molar refractivity (Wildman–Crippen MR) is 85.2 cm³/mol. The van der Waals surface area contributed by atoms with E-state index in [1.807, 2.05) is 22.2 Å². The van der Waals surface area contributed by atoms with E-state index in [9.17, 15) is 9.90 Å². The summed E-state index contributed by atoms with van der Waals surface area (Å²) in [7, 11) is 0. The highest BCUT2D eigenvalue weighted by molar-refractivity contribution is 7.15. The van der Waals surface area contributed by atoms with Crippen LogP contribution in [-0.4, -0.2) is 26.1 Å². The fourth-order valence-electron chi connectivity index (χ4n) is 1.98. The molecule has 0 bridgehead atoms. The zero-order chi connectivity index (χ0) is 15.5. The molecule has 7 heteroatoms. The largest absolute Gasteiger partial charge is 0.508 e. The van der Waals surface area contributed by atoms with Crippen LogP contribution in [0, 0.1) is 0 Å². The van der Waals surface area contributed by atoms with Gasteiger partial charge in [-0.2, -0.15) is 5.10 Å². The van der Waals surface area contributed by atoms with Crippen LogP contribution in [0.2, 0.25) is 0 Å². The van der Waals surface area contributed by atoms with Crippen molar-refractivity contribution in [2.24, 2.45) is 5.10 Å². The first kappa shape index (κ1) is 14.3. The molecule has 0 aliphatic rings. The monoisotopic (exact) mass is 314 g/mol. The zero-order valence-electron chi connectivity index (χ0n) is 11.9. The highest BCUT2D eigenvalue weighted by Crippen LogP contribution is 2.12. The van der Waals surface area contributed by atoms with Gasteiger partial charge in [-0.15, -0.1) is 11.3 Å². The van der Waals surface area contributed by atoms with E-state index < -0.39 is 0 Å². The Hall–Kier alpha value is -2.67. The number of phenolic OH excluding ortho intramolecular Hbond substituents is 1. The van der Waals surface area contributed by atoms with Crippen LogP contribution >= 0.6 is 11.3 Å². The Morgan fingerprint density at radius 1 is 1.41 bits per heavy atom. The molecular weight excluding hydrogens is 300 g/mol. The number of benzene rings is 1. The second-order valence-electron chi connectivity index (χ2n) is 4.78. The SMILES string of the molecule is CC(=NNC(=O)Cc1cn2ccsc2n1)c1ccc(O)cc1. The number of phenols is 1.